The normalized spacial score (nSPS) is 9.95. The molecule has 0 atom stereocenters. The number of phenolic OH excluding ortho intramolecular Hbond substituents is 1. The van der Waals surface area contributed by atoms with Crippen LogP contribution in [-0.4, -0.2) is 27.1 Å². The smallest absolute Gasteiger partial charge is 0.392 e. The minimum atomic E-state index is -0.697. The summed E-state index contributed by atoms with van der Waals surface area (Å²) in [5.74, 6) is -0.275. The van der Waals surface area contributed by atoms with Gasteiger partial charge in [0.1, 0.15) is 17.8 Å². The van der Waals surface area contributed by atoms with Crippen LogP contribution in [0.2, 0.25) is 0 Å². The molecule has 0 amide bonds. The fourth-order valence-corrected chi connectivity index (χ4v) is 1.39. The number of phenols is 1. The Bertz CT molecular complexity index is 617. The number of ether oxygens (including phenoxy) is 2. The number of nitro groups is 1. The molecule has 0 fully saturated rings. The molecule has 98 valence electrons. The minimum absolute atomic E-state index is 0.0267. The van der Waals surface area contributed by atoms with Gasteiger partial charge in [-0.2, -0.15) is 9.97 Å². The Kier molecular flexibility index (Phi) is 3.42. The maximum atomic E-state index is 11.0. The molecule has 0 radical (unpaired) electrons. The van der Waals surface area contributed by atoms with Crippen LogP contribution < -0.4 is 9.47 Å². The molecule has 0 aliphatic rings. The van der Waals surface area contributed by atoms with Crippen molar-refractivity contribution in [3.63, 3.8) is 0 Å². The maximum absolute atomic E-state index is 11.0. The predicted octanol–water partition coefficient (Wildman–Crippen LogP) is 1.89. The molecule has 19 heavy (non-hydrogen) atoms. The van der Waals surface area contributed by atoms with Crippen molar-refractivity contribution in [1.29, 1.82) is 0 Å². The van der Waals surface area contributed by atoms with Gasteiger partial charge in [0, 0.05) is 6.07 Å². The van der Waals surface area contributed by atoms with E-state index in [1.807, 2.05) is 0 Å². The Morgan fingerprint density at radius 3 is 2.68 bits per heavy atom. The summed E-state index contributed by atoms with van der Waals surface area (Å²) in [4.78, 5) is 17.6. The van der Waals surface area contributed by atoms with E-state index in [4.69, 9.17) is 9.47 Å². The Balaban J connectivity index is 2.42. The molecule has 1 heterocycles. The maximum Gasteiger partial charge on any atom is 0.392 e. The van der Waals surface area contributed by atoms with Gasteiger partial charge in [-0.1, -0.05) is 6.07 Å². The van der Waals surface area contributed by atoms with E-state index < -0.39 is 10.6 Å². The van der Waals surface area contributed by atoms with E-state index in [-0.39, 0.29) is 23.3 Å². The van der Waals surface area contributed by atoms with E-state index in [1.54, 1.807) is 0 Å². The monoisotopic (exact) mass is 263 g/mol. The minimum Gasteiger partial charge on any atom is -0.508 e. The van der Waals surface area contributed by atoms with Gasteiger partial charge in [0.2, 0.25) is 0 Å². The average molecular weight is 263 g/mol. The lowest BCUT2D eigenvalue weighted by atomic mass is 10.3. The van der Waals surface area contributed by atoms with Crippen molar-refractivity contribution in [3.05, 3.63) is 40.7 Å². The SMILES string of the molecule is COc1ncnc(Oc2cccc(O)c2)c1[N+](=O)[O-]. The topological polar surface area (TPSA) is 108 Å². The summed E-state index contributed by atoms with van der Waals surface area (Å²) in [7, 11) is 1.26. The van der Waals surface area contributed by atoms with Crippen molar-refractivity contribution in [3.8, 4) is 23.3 Å². The van der Waals surface area contributed by atoms with E-state index >= 15 is 0 Å². The Morgan fingerprint density at radius 1 is 1.32 bits per heavy atom. The summed E-state index contributed by atoms with van der Waals surface area (Å²) in [5.41, 5.74) is -0.478. The fraction of sp³-hybridized carbons (Fsp3) is 0.0909. The van der Waals surface area contributed by atoms with E-state index in [1.165, 1.54) is 31.4 Å². The second kappa shape index (κ2) is 5.17. The highest BCUT2D eigenvalue weighted by Gasteiger charge is 2.25. The zero-order chi connectivity index (χ0) is 13.8. The number of rotatable bonds is 4. The largest absolute Gasteiger partial charge is 0.508 e. The molecule has 1 N–H and O–H groups in total. The molecule has 2 rings (SSSR count). The molecule has 0 bridgehead atoms. The third-order valence-electron chi connectivity index (χ3n) is 2.16. The number of methoxy groups -OCH3 is 1. The van der Waals surface area contributed by atoms with Gasteiger partial charge in [0.15, 0.2) is 0 Å². The molecular weight excluding hydrogens is 254 g/mol. The van der Waals surface area contributed by atoms with Gasteiger partial charge in [-0.3, -0.25) is 10.1 Å². The first-order valence-corrected chi connectivity index (χ1v) is 5.12. The molecule has 1 aromatic carbocycles. The van der Waals surface area contributed by atoms with Gasteiger partial charge in [-0.05, 0) is 12.1 Å². The van der Waals surface area contributed by atoms with Crippen molar-refractivity contribution in [2.45, 2.75) is 0 Å². The molecule has 0 unspecified atom stereocenters. The summed E-state index contributed by atoms with van der Waals surface area (Å²) < 4.78 is 10.0. The van der Waals surface area contributed by atoms with Crippen LogP contribution in [-0.2, 0) is 0 Å². The van der Waals surface area contributed by atoms with E-state index in [2.05, 4.69) is 9.97 Å². The van der Waals surface area contributed by atoms with Crippen LogP contribution in [0.5, 0.6) is 23.3 Å². The first-order valence-electron chi connectivity index (χ1n) is 5.12. The third kappa shape index (κ3) is 2.68. The summed E-state index contributed by atoms with van der Waals surface area (Å²) in [6.45, 7) is 0. The molecule has 0 spiro atoms. The lowest BCUT2D eigenvalue weighted by Crippen LogP contribution is -2.01. The van der Waals surface area contributed by atoms with Gasteiger partial charge >= 0.3 is 17.4 Å². The highest BCUT2D eigenvalue weighted by atomic mass is 16.6. The fourth-order valence-electron chi connectivity index (χ4n) is 1.39. The highest BCUT2D eigenvalue weighted by molar-refractivity contribution is 5.50. The van der Waals surface area contributed by atoms with Crippen LogP contribution in [0.1, 0.15) is 0 Å². The highest BCUT2D eigenvalue weighted by Crippen LogP contribution is 2.35. The standard InChI is InChI=1S/C11H9N3O5/c1-18-10-9(14(16)17)11(13-6-12-10)19-8-4-2-3-7(15)5-8/h2-6,15H,1H3. The third-order valence-corrected chi connectivity index (χ3v) is 2.16. The quantitative estimate of drug-likeness (QED) is 0.662. The lowest BCUT2D eigenvalue weighted by molar-refractivity contribution is -0.387. The Labute approximate surface area is 107 Å². The van der Waals surface area contributed by atoms with E-state index in [0.717, 1.165) is 6.33 Å². The summed E-state index contributed by atoms with van der Waals surface area (Å²) >= 11 is 0. The molecular formula is C11H9N3O5. The first kappa shape index (κ1) is 12.6. The van der Waals surface area contributed by atoms with Crippen LogP contribution in [0.3, 0.4) is 0 Å². The van der Waals surface area contributed by atoms with Crippen molar-refractivity contribution >= 4 is 5.69 Å². The van der Waals surface area contributed by atoms with E-state index in [0.29, 0.717) is 0 Å². The first-order chi connectivity index (χ1) is 9.11. The summed E-state index contributed by atoms with van der Waals surface area (Å²) in [6, 6.07) is 5.81. The van der Waals surface area contributed by atoms with Crippen LogP contribution in [0.4, 0.5) is 5.69 Å². The molecule has 8 heteroatoms. The number of hydrogen-bond acceptors (Lipinski definition) is 7. The van der Waals surface area contributed by atoms with Crippen molar-refractivity contribution in [1.82, 2.24) is 9.97 Å². The zero-order valence-corrected chi connectivity index (χ0v) is 9.81. The number of aromatic nitrogens is 2. The number of hydrogen-bond donors (Lipinski definition) is 1. The van der Waals surface area contributed by atoms with Crippen molar-refractivity contribution in [2.24, 2.45) is 0 Å². The molecule has 0 aliphatic heterocycles. The van der Waals surface area contributed by atoms with Gasteiger partial charge in [0.25, 0.3) is 0 Å². The number of aromatic hydroxyl groups is 1. The summed E-state index contributed by atoms with van der Waals surface area (Å²) in [6.07, 6.45) is 1.09. The van der Waals surface area contributed by atoms with Crippen LogP contribution in [0.15, 0.2) is 30.6 Å². The average Bonchev–Trinajstić information content (AvgIpc) is 2.38. The molecule has 0 saturated carbocycles. The number of nitrogens with zero attached hydrogens (tertiary/aromatic N) is 3. The molecule has 1 aromatic heterocycles. The van der Waals surface area contributed by atoms with Crippen molar-refractivity contribution in [2.75, 3.05) is 7.11 Å². The molecule has 8 nitrogen and oxygen atoms in total. The van der Waals surface area contributed by atoms with Crippen LogP contribution in [0.25, 0.3) is 0 Å². The lowest BCUT2D eigenvalue weighted by Gasteiger charge is -2.06. The van der Waals surface area contributed by atoms with Crippen molar-refractivity contribution < 1.29 is 19.5 Å². The second-order valence-corrected chi connectivity index (χ2v) is 3.39. The second-order valence-electron chi connectivity index (χ2n) is 3.39. The van der Waals surface area contributed by atoms with Gasteiger partial charge in [-0.25, -0.2) is 0 Å². The van der Waals surface area contributed by atoms with Crippen LogP contribution in [0, 0.1) is 10.1 Å². The van der Waals surface area contributed by atoms with Gasteiger partial charge < -0.3 is 14.6 Å². The molecule has 2 aromatic rings. The number of benzene rings is 1. The molecule has 0 saturated heterocycles. The summed E-state index contributed by atoms with van der Waals surface area (Å²) in [5, 5.41) is 20.3. The van der Waals surface area contributed by atoms with E-state index in [9.17, 15) is 15.2 Å². The van der Waals surface area contributed by atoms with Gasteiger partial charge in [0.05, 0.1) is 12.0 Å². The Hall–Kier alpha value is -2.90. The van der Waals surface area contributed by atoms with Gasteiger partial charge in [-0.15, -0.1) is 0 Å². The predicted molar refractivity (Wildman–Crippen MR) is 63.4 cm³/mol. The zero-order valence-electron chi connectivity index (χ0n) is 9.81. The Morgan fingerprint density at radius 2 is 2.05 bits per heavy atom. The van der Waals surface area contributed by atoms with Crippen LogP contribution >= 0.6 is 0 Å². The molecule has 0 aliphatic carbocycles.